The molecule has 1 atom stereocenters. The van der Waals surface area contributed by atoms with E-state index in [2.05, 4.69) is 76.2 Å². The first kappa shape index (κ1) is 18.7. The Morgan fingerprint density at radius 3 is 1.79 bits per heavy atom. The second-order valence-electron chi connectivity index (χ2n) is 7.13. The molecule has 0 aliphatic rings. The molecule has 2 aromatic rings. The number of benzene rings is 2. The van der Waals surface area contributed by atoms with Crippen LogP contribution in [0.5, 0.6) is 0 Å². The summed E-state index contributed by atoms with van der Waals surface area (Å²) < 4.78 is 0. The highest BCUT2D eigenvalue weighted by Gasteiger charge is 2.39. The fraction of sp³-hybridized carbons (Fsp3) is 0.478. The van der Waals surface area contributed by atoms with Crippen molar-refractivity contribution in [3.8, 4) is 0 Å². The number of rotatable bonds is 8. The molecule has 0 heterocycles. The fourth-order valence-corrected chi connectivity index (χ4v) is 3.76. The highest BCUT2D eigenvalue weighted by molar-refractivity contribution is 5.40. The maximum Gasteiger partial charge on any atom is 0.117 e. The molecule has 1 heteroatoms. The van der Waals surface area contributed by atoms with Crippen LogP contribution in [0.15, 0.2) is 48.5 Å². The quantitative estimate of drug-likeness (QED) is 0.618. The van der Waals surface area contributed by atoms with Crippen LogP contribution in [0.2, 0.25) is 0 Å². The third-order valence-corrected chi connectivity index (χ3v) is 5.05. The zero-order valence-electron chi connectivity index (χ0n) is 15.7. The molecule has 130 valence electrons. The van der Waals surface area contributed by atoms with Crippen molar-refractivity contribution in [2.75, 3.05) is 0 Å². The lowest BCUT2D eigenvalue weighted by atomic mass is 9.71. The van der Waals surface area contributed by atoms with Gasteiger partial charge in [0.1, 0.15) is 5.60 Å². The zero-order valence-corrected chi connectivity index (χ0v) is 15.7. The van der Waals surface area contributed by atoms with Crippen molar-refractivity contribution in [1.29, 1.82) is 0 Å². The lowest BCUT2D eigenvalue weighted by molar-refractivity contribution is 0.00663. The van der Waals surface area contributed by atoms with Gasteiger partial charge < -0.3 is 5.11 Å². The summed E-state index contributed by atoms with van der Waals surface area (Å²) in [5.41, 5.74) is 3.54. The molecule has 0 saturated heterocycles. The summed E-state index contributed by atoms with van der Waals surface area (Å²) in [7, 11) is 0. The van der Waals surface area contributed by atoms with Gasteiger partial charge >= 0.3 is 0 Å². The molecular weight excluding hydrogens is 292 g/mol. The Labute approximate surface area is 147 Å². The number of unbranched alkanes of at least 4 members (excludes halogenated alkanes) is 1. The van der Waals surface area contributed by atoms with Crippen LogP contribution in [0.25, 0.3) is 0 Å². The van der Waals surface area contributed by atoms with Crippen LogP contribution in [-0.4, -0.2) is 5.11 Å². The third-order valence-electron chi connectivity index (χ3n) is 5.05. The molecule has 0 bridgehead atoms. The molecule has 0 amide bonds. The molecule has 0 aliphatic heterocycles. The molecule has 0 saturated carbocycles. The maximum atomic E-state index is 12.0. The molecule has 0 aromatic heterocycles. The molecule has 1 nitrogen and oxygen atoms in total. The molecule has 0 fully saturated rings. The molecule has 0 spiro atoms. The monoisotopic (exact) mass is 324 g/mol. The first-order chi connectivity index (χ1) is 11.5. The first-order valence-corrected chi connectivity index (χ1v) is 9.39. The van der Waals surface area contributed by atoms with Gasteiger partial charge in [-0.2, -0.15) is 0 Å². The van der Waals surface area contributed by atoms with E-state index in [0.717, 1.165) is 43.2 Å². The first-order valence-electron chi connectivity index (χ1n) is 9.39. The lowest BCUT2D eigenvalue weighted by Gasteiger charge is -2.38. The van der Waals surface area contributed by atoms with Gasteiger partial charge in [0.2, 0.25) is 0 Å². The van der Waals surface area contributed by atoms with Gasteiger partial charge in [0.15, 0.2) is 0 Å². The van der Waals surface area contributed by atoms with Crippen molar-refractivity contribution in [3.63, 3.8) is 0 Å². The molecular formula is C23H32O. The fourth-order valence-electron chi connectivity index (χ4n) is 3.76. The molecule has 0 radical (unpaired) electrons. The van der Waals surface area contributed by atoms with E-state index < -0.39 is 5.60 Å². The van der Waals surface area contributed by atoms with E-state index in [1.54, 1.807) is 0 Å². The third kappa shape index (κ3) is 4.08. The van der Waals surface area contributed by atoms with Crippen molar-refractivity contribution >= 4 is 0 Å². The van der Waals surface area contributed by atoms with Gasteiger partial charge in [-0.25, -0.2) is 0 Å². The predicted octanol–water partition coefficient (Wildman–Crippen LogP) is 6.15. The van der Waals surface area contributed by atoms with Crippen LogP contribution in [0.4, 0.5) is 0 Å². The number of aliphatic hydroxyl groups is 1. The summed E-state index contributed by atoms with van der Waals surface area (Å²) in [6, 6.07) is 16.8. The van der Waals surface area contributed by atoms with Crippen LogP contribution in [0.3, 0.4) is 0 Å². The Balaban J connectivity index is 2.58. The SMILES string of the molecule is CCCCC(CCC)C(O)(c1cccc(C)c1)c1cccc(C)c1. The van der Waals surface area contributed by atoms with E-state index >= 15 is 0 Å². The largest absolute Gasteiger partial charge is 0.380 e. The Hall–Kier alpha value is -1.60. The van der Waals surface area contributed by atoms with Crippen LogP contribution in [0.1, 0.15) is 68.2 Å². The van der Waals surface area contributed by atoms with E-state index in [1.165, 1.54) is 11.1 Å². The molecule has 2 rings (SSSR count). The van der Waals surface area contributed by atoms with E-state index in [9.17, 15) is 5.11 Å². The lowest BCUT2D eigenvalue weighted by Crippen LogP contribution is -2.36. The highest BCUT2D eigenvalue weighted by atomic mass is 16.3. The Morgan fingerprint density at radius 1 is 0.833 bits per heavy atom. The van der Waals surface area contributed by atoms with Gasteiger partial charge in [0.25, 0.3) is 0 Å². The average molecular weight is 325 g/mol. The van der Waals surface area contributed by atoms with Gasteiger partial charge in [-0.3, -0.25) is 0 Å². The van der Waals surface area contributed by atoms with Gasteiger partial charge in [0, 0.05) is 0 Å². The number of hydrogen-bond donors (Lipinski definition) is 1. The van der Waals surface area contributed by atoms with Crippen molar-refractivity contribution in [2.45, 2.75) is 65.4 Å². The Morgan fingerprint density at radius 2 is 1.38 bits per heavy atom. The van der Waals surface area contributed by atoms with E-state index in [4.69, 9.17) is 0 Å². The minimum absolute atomic E-state index is 0.242. The van der Waals surface area contributed by atoms with Crippen molar-refractivity contribution in [1.82, 2.24) is 0 Å². The van der Waals surface area contributed by atoms with Crippen LogP contribution in [0, 0.1) is 19.8 Å². The minimum atomic E-state index is -0.913. The predicted molar refractivity (Wildman–Crippen MR) is 103 cm³/mol. The minimum Gasteiger partial charge on any atom is -0.380 e. The van der Waals surface area contributed by atoms with Gasteiger partial charge in [-0.1, -0.05) is 92.8 Å². The van der Waals surface area contributed by atoms with Gasteiger partial charge in [0.05, 0.1) is 0 Å². The normalized spacial score (nSPS) is 13.0. The molecule has 1 N–H and O–H groups in total. The van der Waals surface area contributed by atoms with E-state index in [0.29, 0.717) is 0 Å². The second kappa shape index (κ2) is 8.48. The van der Waals surface area contributed by atoms with E-state index in [-0.39, 0.29) is 5.92 Å². The molecule has 0 aliphatic carbocycles. The van der Waals surface area contributed by atoms with Crippen LogP contribution >= 0.6 is 0 Å². The van der Waals surface area contributed by atoms with Crippen molar-refractivity contribution in [3.05, 3.63) is 70.8 Å². The summed E-state index contributed by atoms with van der Waals surface area (Å²) in [6.45, 7) is 8.63. The Kier molecular flexibility index (Phi) is 6.62. The number of aryl methyl sites for hydroxylation is 2. The van der Waals surface area contributed by atoms with Gasteiger partial charge in [-0.05, 0) is 43.7 Å². The van der Waals surface area contributed by atoms with Crippen molar-refractivity contribution in [2.24, 2.45) is 5.92 Å². The topological polar surface area (TPSA) is 20.2 Å². The zero-order chi connectivity index (χ0) is 17.6. The summed E-state index contributed by atoms with van der Waals surface area (Å²) >= 11 is 0. The van der Waals surface area contributed by atoms with Crippen LogP contribution in [-0.2, 0) is 5.60 Å². The van der Waals surface area contributed by atoms with Crippen LogP contribution < -0.4 is 0 Å². The van der Waals surface area contributed by atoms with Crippen molar-refractivity contribution < 1.29 is 5.11 Å². The smallest absolute Gasteiger partial charge is 0.117 e. The highest BCUT2D eigenvalue weighted by Crippen LogP contribution is 2.42. The summed E-state index contributed by atoms with van der Waals surface area (Å²) in [4.78, 5) is 0. The molecule has 24 heavy (non-hydrogen) atoms. The molecule has 2 aromatic carbocycles. The molecule has 1 unspecified atom stereocenters. The average Bonchev–Trinajstić information content (AvgIpc) is 2.58. The van der Waals surface area contributed by atoms with E-state index in [1.807, 2.05) is 0 Å². The second-order valence-corrected chi connectivity index (χ2v) is 7.13. The Bertz CT molecular complexity index is 598. The van der Waals surface area contributed by atoms with Gasteiger partial charge in [-0.15, -0.1) is 0 Å². The standard InChI is InChI=1S/C23H32O/c1-5-7-13-20(10-6-2)23(24,21-14-8-11-18(3)16-21)22-15-9-12-19(4)17-22/h8-9,11-12,14-17,20,24H,5-7,10,13H2,1-4H3. The number of hydrogen-bond acceptors (Lipinski definition) is 1. The maximum absolute atomic E-state index is 12.0. The summed E-state index contributed by atoms with van der Waals surface area (Å²) in [5, 5.41) is 12.0. The summed E-state index contributed by atoms with van der Waals surface area (Å²) in [5.74, 6) is 0.242. The summed E-state index contributed by atoms with van der Waals surface area (Å²) in [6.07, 6.45) is 5.51.